The van der Waals surface area contributed by atoms with E-state index in [1.807, 2.05) is 11.9 Å². The lowest BCUT2D eigenvalue weighted by Crippen LogP contribution is -2.29. The third-order valence-electron chi connectivity index (χ3n) is 2.32. The second-order valence-corrected chi connectivity index (χ2v) is 3.20. The zero-order valence-electron chi connectivity index (χ0n) is 7.79. The molecule has 1 aromatic carbocycles. The van der Waals surface area contributed by atoms with Gasteiger partial charge in [0.15, 0.2) is 12.0 Å². The number of hydrogen-bond donors (Lipinski definition) is 0. The lowest BCUT2D eigenvalue weighted by Gasteiger charge is -2.28. The van der Waals surface area contributed by atoms with Crippen molar-refractivity contribution in [3.05, 3.63) is 23.5 Å². The highest BCUT2D eigenvalue weighted by molar-refractivity contribution is 5.84. The molecule has 14 heavy (non-hydrogen) atoms. The zero-order chi connectivity index (χ0) is 10.1. The number of carbonyl (C=O) groups is 1. The molecule has 1 aliphatic rings. The minimum atomic E-state index is -0.533. The molecule has 74 valence electrons. The molecule has 1 aliphatic heterocycles. The molecule has 3 nitrogen and oxygen atoms in total. The summed E-state index contributed by atoms with van der Waals surface area (Å²) >= 11 is 0. The molecule has 0 saturated carbocycles. The summed E-state index contributed by atoms with van der Waals surface area (Å²) in [6.07, 6.45) is 0.493. The first-order chi connectivity index (χ1) is 6.74. The first-order valence-electron chi connectivity index (χ1n) is 4.35. The molecule has 0 aromatic heterocycles. The first kappa shape index (κ1) is 8.99. The Morgan fingerprint density at radius 2 is 2.36 bits per heavy atom. The highest BCUT2D eigenvalue weighted by Gasteiger charge is 2.20. The third-order valence-corrected chi connectivity index (χ3v) is 2.32. The molecule has 1 aromatic rings. The SMILES string of the molecule is CN1CCOc2c1ccc(F)c2C=O. The molecule has 2 rings (SSSR count). The molecule has 0 amide bonds. The number of rotatable bonds is 1. The van der Waals surface area contributed by atoms with Crippen LogP contribution in [-0.2, 0) is 0 Å². The summed E-state index contributed by atoms with van der Waals surface area (Å²) in [7, 11) is 1.88. The van der Waals surface area contributed by atoms with Gasteiger partial charge in [0.1, 0.15) is 12.4 Å². The van der Waals surface area contributed by atoms with Crippen LogP contribution in [0.5, 0.6) is 5.75 Å². The van der Waals surface area contributed by atoms with E-state index in [4.69, 9.17) is 4.74 Å². The molecule has 0 spiro atoms. The lowest BCUT2D eigenvalue weighted by molar-refractivity contribution is 0.111. The number of ether oxygens (including phenoxy) is 1. The van der Waals surface area contributed by atoms with Crippen molar-refractivity contribution in [1.82, 2.24) is 0 Å². The number of likely N-dealkylation sites (N-methyl/N-ethyl adjacent to an activating group) is 1. The average molecular weight is 195 g/mol. The van der Waals surface area contributed by atoms with Crippen LogP contribution < -0.4 is 9.64 Å². The molecular formula is C10H10FNO2. The second-order valence-electron chi connectivity index (χ2n) is 3.20. The van der Waals surface area contributed by atoms with E-state index in [9.17, 15) is 9.18 Å². The number of fused-ring (bicyclic) bond motifs is 1. The van der Waals surface area contributed by atoms with Crippen molar-refractivity contribution < 1.29 is 13.9 Å². The molecule has 0 fully saturated rings. The van der Waals surface area contributed by atoms with Crippen LogP contribution in [-0.4, -0.2) is 26.5 Å². The Kier molecular flexibility index (Phi) is 2.11. The van der Waals surface area contributed by atoms with E-state index >= 15 is 0 Å². The quantitative estimate of drug-likeness (QED) is 0.635. The number of aldehydes is 1. The van der Waals surface area contributed by atoms with Gasteiger partial charge < -0.3 is 9.64 Å². The van der Waals surface area contributed by atoms with Crippen molar-refractivity contribution in [1.29, 1.82) is 0 Å². The first-order valence-corrected chi connectivity index (χ1v) is 4.35. The van der Waals surface area contributed by atoms with Gasteiger partial charge in [0.2, 0.25) is 0 Å². The average Bonchev–Trinajstić information content (AvgIpc) is 2.18. The summed E-state index contributed by atoms with van der Waals surface area (Å²) < 4.78 is 18.5. The van der Waals surface area contributed by atoms with Crippen molar-refractivity contribution in [2.45, 2.75) is 0 Å². The largest absolute Gasteiger partial charge is 0.489 e. The van der Waals surface area contributed by atoms with Gasteiger partial charge in [0.05, 0.1) is 17.8 Å². The minimum absolute atomic E-state index is 0.00838. The standard InChI is InChI=1S/C10H10FNO2/c1-12-4-5-14-10-7(6-13)8(11)2-3-9(10)12/h2-3,6H,4-5H2,1H3. The van der Waals surface area contributed by atoms with Crippen molar-refractivity contribution in [2.24, 2.45) is 0 Å². The molecule has 0 unspecified atom stereocenters. The molecule has 1 heterocycles. The van der Waals surface area contributed by atoms with Crippen LogP contribution in [0.15, 0.2) is 12.1 Å². The number of anilines is 1. The van der Waals surface area contributed by atoms with Crippen LogP contribution in [0.1, 0.15) is 10.4 Å². The number of carbonyl (C=O) groups excluding carboxylic acids is 1. The fourth-order valence-corrected chi connectivity index (χ4v) is 1.53. The maximum absolute atomic E-state index is 13.2. The summed E-state index contributed by atoms with van der Waals surface area (Å²) in [5.41, 5.74) is 0.772. The second kappa shape index (κ2) is 3.29. The minimum Gasteiger partial charge on any atom is -0.489 e. The van der Waals surface area contributed by atoms with Gasteiger partial charge in [-0.2, -0.15) is 0 Å². The van der Waals surface area contributed by atoms with Crippen LogP contribution in [0, 0.1) is 5.82 Å². The van der Waals surface area contributed by atoms with Crippen LogP contribution in [0.4, 0.5) is 10.1 Å². The molecular weight excluding hydrogens is 185 g/mol. The molecule has 0 atom stereocenters. The van der Waals surface area contributed by atoms with E-state index in [-0.39, 0.29) is 5.56 Å². The fraction of sp³-hybridized carbons (Fsp3) is 0.300. The molecule has 0 bridgehead atoms. The smallest absolute Gasteiger partial charge is 0.156 e. The normalized spacial score (nSPS) is 14.6. The summed E-state index contributed by atoms with van der Waals surface area (Å²) in [4.78, 5) is 12.6. The van der Waals surface area contributed by atoms with Gasteiger partial charge in [0.25, 0.3) is 0 Å². The predicted molar refractivity (Wildman–Crippen MR) is 50.6 cm³/mol. The van der Waals surface area contributed by atoms with Crippen molar-refractivity contribution in [2.75, 3.05) is 25.1 Å². The van der Waals surface area contributed by atoms with E-state index in [1.165, 1.54) is 6.07 Å². The van der Waals surface area contributed by atoms with Crippen LogP contribution in [0.3, 0.4) is 0 Å². The highest BCUT2D eigenvalue weighted by Crippen LogP contribution is 2.34. The van der Waals surface area contributed by atoms with E-state index in [0.29, 0.717) is 18.6 Å². The molecule has 0 N–H and O–H groups in total. The third kappa shape index (κ3) is 1.23. The van der Waals surface area contributed by atoms with Gasteiger partial charge in [-0.05, 0) is 12.1 Å². The van der Waals surface area contributed by atoms with Crippen molar-refractivity contribution in [3.8, 4) is 5.75 Å². The monoisotopic (exact) mass is 195 g/mol. The Hall–Kier alpha value is -1.58. The Bertz CT molecular complexity index is 379. The predicted octanol–water partition coefficient (Wildman–Crippen LogP) is 1.47. The number of benzene rings is 1. The Labute approximate surface area is 81.1 Å². The molecule has 0 radical (unpaired) electrons. The van der Waals surface area contributed by atoms with E-state index in [2.05, 4.69) is 0 Å². The van der Waals surface area contributed by atoms with Crippen molar-refractivity contribution in [3.63, 3.8) is 0 Å². The maximum Gasteiger partial charge on any atom is 0.156 e. The summed E-state index contributed by atoms with van der Waals surface area (Å²) in [6.45, 7) is 1.23. The van der Waals surface area contributed by atoms with E-state index in [0.717, 1.165) is 12.2 Å². The number of halogens is 1. The maximum atomic E-state index is 13.2. The fourth-order valence-electron chi connectivity index (χ4n) is 1.53. The summed E-state index contributed by atoms with van der Waals surface area (Å²) in [5, 5.41) is 0. The highest BCUT2D eigenvalue weighted by atomic mass is 19.1. The van der Waals surface area contributed by atoms with Gasteiger partial charge in [-0.1, -0.05) is 0 Å². The molecule has 0 saturated heterocycles. The number of nitrogens with zero attached hydrogens (tertiary/aromatic N) is 1. The van der Waals surface area contributed by atoms with Gasteiger partial charge in [-0.15, -0.1) is 0 Å². The summed E-state index contributed by atoms with van der Waals surface area (Å²) in [5.74, 6) is -0.178. The topological polar surface area (TPSA) is 29.5 Å². The van der Waals surface area contributed by atoms with Gasteiger partial charge in [-0.25, -0.2) is 4.39 Å². The Balaban J connectivity index is 2.61. The van der Waals surface area contributed by atoms with Crippen LogP contribution >= 0.6 is 0 Å². The van der Waals surface area contributed by atoms with Crippen LogP contribution in [0.25, 0.3) is 0 Å². The van der Waals surface area contributed by atoms with Gasteiger partial charge in [-0.3, -0.25) is 4.79 Å². The zero-order valence-corrected chi connectivity index (χ0v) is 7.79. The molecule has 4 heteroatoms. The Morgan fingerprint density at radius 1 is 1.57 bits per heavy atom. The lowest BCUT2D eigenvalue weighted by atomic mass is 10.1. The van der Waals surface area contributed by atoms with Crippen molar-refractivity contribution >= 4 is 12.0 Å². The number of hydrogen-bond acceptors (Lipinski definition) is 3. The van der Waals surface area contributed by atoms with E-state index < -0.39 is 5.82 Å². The van der Waals surface area contributed by atoms with Gasteiger partial charge >= 0.3 is 0 Å². The Morgan fingerprint density at radius 3 is 3.07 bits per heavy atom. The van der Waals surface area contributed by atoms with E-state index in [1.54, 1.807) is 6.07 Å². The van der Waals surface area contributed by atoms with Gasteiger partial charge in [0, 0.05) is 7.05 Å². The molecule has 0 aliphatic carbocycles. The summed E-state index contributed by atoms with van der Waals surface area (Å²) in [6, 6.07) is 2.91. The van der Waals surface area contributed by atoms with Crippen LogP contribution in [0.2, 0.25) is 0 Å².